The second-order valence-corrected chi connectivity index (χ2v) is 4.40. The molecule has 0 aliphatic carbocycles. The van der Waals surface area contributed by atoms with Gasteiger partial charge >= 0.3 is 0 Å². The molecule has 6 heteroatoms. The fraction of sp³-hybridized carbons (Fsp3) is 0.818. The van der Waals surface area contributed by atoms with Crippen LogP contribution in [-0.2, 0) is 9.59 Å². The van der Waals surface area contributed by atoms with Crippen molar-refractivity contribution < 1.29 is 19.8 Å². The molecule has 3 N–H and O–H groups in total. The number of nitrogens with one attached hydrogen (secondary N) is 1. The summed E-state index contributed by atoms with van der Waals surface area (Å²) in [5.74, 6) is -0.709. The van der Waals surface area contributed by atoms with Crippen LogP contribution in [0.15, 0.2) is 0 Å². The van der Waals surface area contributed by atoms with E-state index in [1.54, 1.807) is 0 Å². The maximum atomic E-state index is 11.4. The van der Waals surface area contributed by atoms with Gasteiger partial charge in [-0.15, -0.1) is 0 Å². The third kappa shape index (κ3) is 4.70. The number of hydrogen-bond acceptors (Lipinski definition) is 4. The van der Waals surface area contributed by atoms with Crippen molar-refractivity contribution >= 4 is 11.9 Å². The first kappa shape index (κ1) is 13.9. The van der Waals surface area contributed by atoms with E-state index in [0.717, 1.165) is 32.9 Å². The van der Waals surface area contributed by atoms with Crippen LogP contribution in [-0.4, -0.2) is 58.8 Å². The van der Waals surface area contributed by atoms with Crippen LogP contribution in [0, 0.1) is 0 Å². The summed E-state index contributed by atoms with van der Waals surface area (Å²) in [4.78, 5) is 22.3. The third-order valence-corrected chi connectivity index (χ3v) is 2.89. The van der Waals surface area contributed by atoms with E-state index in [1.165, 1.54) is 0 Å². The van der Waals surface area contributed by atoms with E-state index in [4.69, 9.17) is 9.90 Å². The van der Waals surface area contributed by atoms with Gasteiger partial charge in [-0.1, -0.05) is 0 Å². The van der Waals surface area contributed by atoms with Crippen molar-refractivity contribution in [1.29, 1.82) is 0 Å². The normalized spacial score (nSPS) is 25.4. The van der Waals surface area contributed by atoms with Crippen molar-refractivity contribution in [3.8, 4) is 0 Å². The predicted molar refractivity (Wildman–Crippen MR) is 61.5 cm³/mol. The van der Waals surface area contributed by atoms with Gasteiger partial charge in [0.1, 0.15) is 0 Å². The van der Waals surface area contributed by atoms with Gasteiger partial charge in [0.05, 0.1) is 12.5 Å². The van der Waals surface area contributed by atoms with E-state index >= 15 is 0 Å². The van der Waals surface area contributed by atoms with Gasteiger partial charge < -0.3 is 20.4 Å². The highest BCUT2D eigenvalue weighted by atomic mass is 16.4. The number of nitrogens with zero attached hydrogens (tertiary/aromatic N) is 1. The Labute approximate surface area is 101 Å². The van der Waals surface area contributed by atoms with Crippen molar-refractivity contribution in [3.05, 3.63) is 0 Å². The van der Waals surface area contributed by atoms with Gasteiger partial charge in [0.25, 0.3) is 5.97 Å². The number of piperidine rings is 1. The number of rotatable bonds is 1. The highest BCUT2D eigenvalue weighted by molar-refractivity contribution is 5.79. The maximum absolute atomic E-state index is 11.4. The van der Waals surface area contributed by atoms with Gasteiger partial charge in [0, 0.05) is 19.5 Å². The number of hydrogen-bond donors (Lipinski definition) is 3. The van der Waals surface area contributed by atoms with Gasteiger partial charge in [-0.3, -0.25) is 9.59 Å². The van der Waals surface area contributed by atoms with Crippen LogP contribution in [0.25, 0.3) is 0 Å². The number of aliphatic carboxylic acids is 1. The minimum atomic E-state index is -0.833. The van der Waals surface area contributed by atoms with Gasteiger partial charge in [-0.25, -0.2) is 0 Å². The molecule has 0 aromatic carbocycles. The van der Waals surface area contributed by atoms with Crippen LogP contribution in [0.5, 0.6) is 0 Å². The number of carbonyl (C=O) groups is 2. The molecule has 6 nitrogen and oxygen atoms in total. The van der Waals surface area contributed by atoms with E-state index in [9.17, 15) is 9.90 Å². The minimum absolute atomic E-state index is 0.124. The number of aliphatic hydroxyl groups is 1. The Kier molecular flexibility index (Phi) is 5.37. The number of amides is 1. The largest absolute Gasteiger partial charge is 0.481 e. The first-order valence-corrected chi connectivity index (χ1v) is 5.88. The lowest BCUT2D eigenvalue weighted by Gasteiger charge is -2.31. The third-order valence-electron chi connectivity index (χ3n) is 2.89. The standard InChI is InChI=1S/C9H16N2O2.C2H4O2/c12-8-5-9(13)11(6-8)7-1-3-10-4-2-7;1-2(3)4/h7-8,10,12H,1-6H2;1H3,(H,3,4). The van der Waals surface area contributed by atoms with Gasteiger partial charge in [0.15, 0.2) is 0 Å². The zero-order valence-electron chi connectivity index (χ0n) is 10.1. The highest BCUT2D eigenvalue weighted by Crippen LogP contribution is 2.19. The molecule has 2 fully saturated rings. The van der Waals surface area contributed by atoms with Gasteiger partial charge in [0.2, 0.25) is 5.91 Å². The molecule has 0 aromatic rings. The Morgan fingerprint density at radius 2 is 1.94 bits per heavy atom. The van der Waals surface area contributed by atoms with Crippen LogP contribution in [0.1, 0.15) is 26.2 Å². The highest BCUT2D eigenvalue weighted by Gasteiger charge is 2.33. The van der Waals surface area contributed by atoms with Crippen LogP contribution >= 0.6 is 0 Å². The molecule has 2 aliphatic rings. The lowest BCUT2D eigenvalue weighted by molar-refractivity contribution is -0.134. The fourth-order valence-electron chi connectivity index (χ4n) is 2.18. The van der Waals surface area contributed by atoms with Crippen LogP contribution in [0.2, 0.25) is 0 Å². The predicted octanol–water partition coefficient (Wildman–Crippen LogP) is -0.577. The van der Waals surface area contributed by atoms with Crippen molar-refractivity contribution in [2.45, 2.75) is 38.3 Å². The maximum Gasteiger partial charge on any atom is 0.300 e. The average molecular weight is 244 g/mol. The van der Waals surface area contributed by atoms with Crippen molar-refractivity contribution in [1.82, 2.24) is 10.2 Å². The Hall–Kier alpha value is -1.14. The van der Waals surface area contributed by atoms with E-state index in [2.05, 4.69) is 5.32 Å². The molecule has 0 bridgehead atoms. The fourth-order valence-corrected chi connectivity index (χ4v) is 2.18. The van der Waals surface area contributed by atoms with Crippen LogP contribution in [0.4, 0.5) is 0 Å². The molecule has 17 heavy (non-hydrogen) atoms. The number of β-amino-alcohol motifs (C(OH)–C–C–N with tert-alkyl or cyclic N) is 1. The second-order valence-electron chi connectivity index (χ2n) is 4.40. The SMILES string of the molecule is CC(=O)O.O=C1CC(O)CN1C1CCNCC1. The summed E-state index contributed by atoms with van der Waals surface area (Å²) in [7, 11) is 0. The Bertz CT molecular complexity index is 273. The Balaban J connectivity index is 0.000000317. The summed E-state index contributed by atoms with van der Waals surface area (Å²) in [6.45, 7) is 3.61. The smallest absolute Gasteiger partial charge is 0.300 e. The van der Waals surface area contributed by atoms with Crippen molar-refractivity contribution in [3.63, 3.8) is 0 Å². The zero-order valence-corrected chi connectivity index (χ0v) is 10.1. The van der Waals surface area contributed by atoms with Crippen molar-refractivity contribution in [2.75, 3.05) is 19.6 Å². The van der Waals surface area contributed by atoms with E-state index in [-0.39, 0.29) is 5.91 Å². The topological polar surface area (TPSA) is 89.9 Å². The zero-order chi connectivity index (χ0) is 12.8. The van der Waals surface area contributed by atoms with Crippen LogP contribution < -0.4 is 5.32 Å². The van der Waals surface area contributed by atoms with Gasteiger partial charge in [-0.05, 0) is 25.9 Å². The summed E-state index contributed by atoms with van der Waals surface area (Å²) in [5.41, 5.74) is 0. The lowest BCUT2D eigenvalue weighted by atomic mass is 10.1. The molecular weight excluding hydrogens is 224 g/mol. The quantitative estimate of drug-likeness (QED) is 0.574. The minimum Gasteiger partial charge on any atom is -0.481 e. The van der Waals surface area contributed by atoms with Crippen LogP contribution in [0.3, 0.4) is 0 Å². The van der Waals surface area contributed by atoms with E-state index < -0.39 is 12.1 Å². The van der Waals surface area contributed by atoms with E-state index in [1.807, 2.05) is 4.90 Å². The van der Waals surface area contributed by atoms with Gasteiger partial charge in [-0.2, -0.15) is 0 Å². The molecule has 2 heterocycles. The molecule has 2 saturated heterocycles. The second kappa shape index (κ2) is 6.56. The number of carbonyl (C=O) groups excluding carboxylic acids is 1. The molecule has 0 saturated carbocycles. The summed E-state index contributed by atoms with van der Waals surface area (Å²) in [5, 5.41) is 20.0. The summed E-state index contributed by atoms with van der Waals surface area (Å²) < 4.78 is 0. The summed E-state index contributed by atoms with van der Waals surface area (Å²) in [6, 6.07) is 0.367. The average Bonchev–Trinajstić information content (AvgIpc) is 2.58. The molecular formula is C11H20N2O4. The molecule has 0 aromatic heterocycles. The Morgan fingerprint density at radius 3 is 2.35 bits per heavy atom. The van der Waals surface area contributed by atoms with E-state index in [0.29, 0.717) is 19.0 Å². The molecule has 1 amide bonds. The molecule has 98 valence electrons. The molecule has 1 atom stereocenters. The monoisotopic (exact) mass is 244 g/mol. The first-order chi connectivity index (χ1) is 8.00. The number of aliphatic hydroxyl groups excluding tert-OH is 1. The summed E-state index contributed by atoms with van der Waals surface area (Å²) in [6.07, 6.45) is 1.95. The lowest BCUT2D eigenvalue weighted by Crippen LogP contribution is -2.44. The molecule has 0 spiro atoms. The van der Waals surface area contributed by atoms with Crippen molar-refractivity contribution in [2.24, 2.45) is 0 Å². The first-order valence-electron chi connectivity index (χ1n) is 5.88. The summed E-state index contributed by atoms with van der Waals surface area (Å²) >= 11 is 0. The molecule has 1 unspecified atom stereocenters. The molecule has 2 aliphatic heterocycles. The molecule has 0 radical (unpaired) electrons. The molecule has 2 rings (SSSR count). The number of carboxylic acids is 1. The Morgan fingerprint density at radius 1 is 1.41 bits per heavy atom. The number of likely N-dealkylation sites (tertiary alicyclic amines) is 1. The number of carboxylic acid groups (broad SMARTS) is 1.